The van der Waals surface area contributed by atoms with Gasteiger partial charge in [0.15, 0.2) is 0 Å². The lowest BCUT2D eigenvalue weighted by Crippen LogP contribution is -2.61. The van der Waals surface area contributed by atoms with Gasteiger partial charge in [-0.05, 0) is 50.4 Å². The molecule has 5 rings (SSSR count). The minimum atomic E-state index is 0.293. The summed E-state index contributed by atoms with van der Waals surface area (Å²) in [4.78, 5) is 21.2. The molecule has 25 heavy (non-hydrogen) atoms. The Morgan fingerprint density at radius 3 is 2.44 bits per heavy atom. The fourth-order valence-electron chi connectivity index (χ4n) is 4.60. The van der Waals surface area contributed by atoms with Gasteiger partial charge < -0.3 is 9.80 Å². The van der Waals surface area contributed by atoms with Crippen molar-refractivity contribution in [2.75, 3.05) is 51.6 Å². The molecule has 136 valence electrons. The van der Waals surface area contributed by atoms with E-state index in [4.69, 9.17) is 0 Å². The summed E-state index contributed by atoms with van der Waals surface area (Å²) in [5.74, 6) is 1.75. The molecule has 0 N–H and O–H groups in total. The molecule has 2 bridgehead atoms. The lowest BCUT2D eigenvalue weighted by atomic mass is 9.83. The normalized spacial score (nSPS) is 29.8. The standard InChI is InChI=1S/C20H29N3OS/c1-16-4-2-3-5-19(16)25-15-20(24)23-12-10-22(11-13-23)18-14-21-8-6-17(18)7-9-21/h2-5,17-18H,6-15H2,1H3/t18-/m1/s1. The third-order valence-corrected chi connectivity index (χ3v) is 7.36. The Balaban J connectivity index is 1.26. The van der Waals surface area contributed by atoms with Gasteiger partial charge in [-0.25, -0.2) is 0 Å². The highest BCUT2D eigenvalue weighted by Gasteiger charge is 2.38. The van der Waals surface area contributed by atoms with Crippen molar-refractivity contribution in [1.29, 1.82) is 0 Å². The molecule has 1 amide bonds. The van der Waals surface area contributed by atoms with Crippen molar-refractivity contribution in [3.05, 3.63) is 29.8 Å². The lowest BCUT2D eigenvalue weighted by molar-refractivity contribution is -0.131. The van der Waals surface area contributed by atoms with E-state index in [1.54, 1.807) is 11.8 Å². The number of thioether (sulfide) groups is 1. The first kappa shape index (κ1) is 17.4. The second-order valence-electron chi connectivity index (χ2n) is 7.68. The number of hydrogen-bond acceptors (Lipinski definition) is 4. The first-order valence-corrected chi connectivity index (χ1v) is 10.6. The summed E-state index contributed by atoms with van der Waals surface area (Å²) in [6, 6.07) is 9.06. The first-order valence-electron chi connectivity index (χ1n) is 9.63. The minimum Gasteiger partial charge on any atom is -0.339 e. The maximum Gasteiger partial charge on any atom is 0.233 e. The van der Waals surface area contributed by atoms with Crippen LogP contribution in [0.4, 0.5) is 0 Å². The van der Waals surface area contributed by atoms with Crippen molar-refractivity contribution in [3.63, 3.8) is 0 Å². The van der Waals surface area contributed by atoms with E-state index in [1.807, 2.05) is 6.07 Å². The van der Waals surface area contributed by atoms with E-state index < -0.39 is 0 Å². The van der Waals surface area contributed by atoms with E-state index in [2.05, 4.69) is 39.8 Å². The van der Waals surface area contributed by atoms with E-state index >= 15 is 0 Å². The predicted octanol–water partition coefficient (Wildman–Crippen LogP) is 2.33. The zero-order chi connectivity index (χ0) is 17.2. The van der Waals surface area contributed by atoms with E-state index in [0.29, 0.717) is 11.7 Å². The Kier molecular flexibility index (Phi) is 5.34. The molecule has 0 radical (unpaired) electrons. The van der Waals surface area contributed by atoms with E-state index in [0.717, 1.165) is 38.1 Å². The van der Waals surface area contributed by atoms with Crippen LogP contribution in [0.2, 0.25) is 0 Å². The molecule has 0 saturated carbocycles. The molecular weight excluding hydrogens is 330 g/mol. The Bertz CT molecular complexity index is 607. The van der Waals surface area contributed by atoms with Gasteiger partial charge in [0, 0.05) is 43.7 Å². The van der Waals surface area contributed by atoms with Gasteiger partial charge in [0.2, 0.25) is 5.91 Å². The Hall–Kier alpha value is -1.04. The van der Waals surface area contributed by atoms with Crippen LogP contribution in [-0.4, -0.2) is 78.2 Å². The highest BCUT2D eigenvalue weighted by Crippen LogP contribution is 2.31. The third-order valence-electron chi connectivity index (χ3n) is 6.20. The molecular formula is C20H29N3OS. The highest BCUT2D eigenvalue weighted by atomic mass is 32.2. The summed E-state index contributed by atoms with van der Waals surface area (Å²) in [6.45, 7) is 9.87. The molecule has 0 spiro atoms. The molecule has 4 nitrogen and oxygen atoms in total. The summed E-state index contributed by atoms with van der Waals surface area (Å²) in [5.41, 5.74) is 1.26. The molecule has 4 aliphatic rings. The molecule has 1 atom stereocenters. The van der Waals surface area contributed by atoms with Gasteiger partial charge >= 0.3 is 0 Å². The number of benzene rings is 1. The summed E-state index contributed by atoms with van der Waals surface area (Å²) in [6.07, 6.45) is 2.74. The Labute approximate surface area is 155 Å². The summed E-state index contributed by atoms with van der Waals surface area (Å²) >= 11 is 1.68. The topological polar surface area (TPSA) is 26.8 Å². The predicted molar refractivity (Wildman–Crippen MR) is 103 cm³/mol. The number of hydrogen-bond donors (Lipinski definition) is 0. The van der Waals surface area contributed by atoms with Gasteiger partial charge in [0.1, 0.15) is 0 Å². The fourth-order valence-corrected chi connectivity index (χ4v) is 5.53. The maximum absolute atomic E-state index is 12.6. The van der Waals surface area contributed by atoms with Crippen LogP contribution in [0, 0.1) is 12.8 Å². The number of nitrogens with zero attached hydrogens (tertiary/aromatic N) is 3. The van der Waals surface area contributed by atoms with Gasteiger partial charge in [0.25, 0.3) is 0 Å². The quantitative estimate of drug-likeness (QED) is 0.771. The van der Waals surface area contributed by atoms with Crippen LogP contribution in [0.15, 0.2) is 29.2 Å². The molecule has 0 aromatic heterocycles. The van der Waals surface area contributed by atoms with Gasteiger partial charge in [-0.15, -0.1) is 11.8 Å². The summed E-state index contributed by atoms with van der Waals surface area (Å²) in [5, 5.41) is 0. The average Bonchev–Trinajstić information content (AvgIpc) is 2.68. The molecule has 1 aromatic rings. The smallest absolute Gasteiger partial charge is 0.233 e. The number of fused-ring (bicyclic) bond motifs is 3. The second kappa shape index (κ2) is 7.68. The fraction of sp³-hybridized carbons (Fsp3) is 0.650. The van der Waals surface area contributed by atoms with E-state index in [9.17, 15) is 4.79 Å². The summed E-state index contributed by atoms with van der Waals surface area (Å²) in [7, 11) is 0. The maximum atomic E-state index is 12.6. The van der Waals surface area contributed by atoms with E-state index in [-0.39, 0.29) is 0 Å². The largest absolute Gasteiger partial charge is 0.339 e. The van der Waals surface area contributed by atoms with Crippen molar-refractivity contribution in [1.82, 2.24) is 14.7 Å². The number of piperazine rings is 1. The average molecular weight is 360 g/mol. The van der Waals surface area contributed by atoms with Gasteiger partial charge in [-0.3, -0.25) is 9.69 Å². The zero-order valence-corrected chi connectivity index (χ0v) is 16.0. The molecule has 4 aliphatic heterocycles. The van der Waals surface area contributed by atoms with Gasteiger partial charge in [-0.2, -0.15) is 0 Å². The van der Waals surface area contributed by atoms with Crippen molar-refractivity contribution >= 4 is 17.7 Å². The van der Waals surface area contributed by atoms with Crippen LogP contribution < -0.4 is 0 Å². The van der Waals surface area contributed by atoms with Crippen molar-refractivity contribution in [2.45, 2.75) is 30.7 Å². The molecule has 0 aliphatic carbocycles. The van der Waals surface area contributed by atoms with Gasteiger partial charge in [0.05, 0.1) is 5.75 Å². The Morgan fingerprint density at radius 2 is 1.80 bits per heavy atom. The molecule has 4 saturated heterocycles. The minimum absolute atomic E-state index is 0.293. The number of piperidine rings is 3. The zero-order valence-electron chi connectivity index (χ0n) is 15.2. The number of aryl methyl sites for hydroxylation is 1. The van der Waals surface area contributed by atoms with Crippen LogP contribution in [0.5, 0.6) is 0 Å². The second-order valence-corrected chi connectivity index (χ2v) is 8.69. The Morgan fingerprint density at radius 1 is 1.08 bits per heavy atom. The monoisotopic (exact) mass is 359 g/mol. The molecule has 1 aromatic carbocycles. The molecule has 4 fully saturated rings. The third kappa shape index (κ3) is 3.88. The van der Waals surface area contributed by atoms with Crippen LogP contribution in [-0.2, 0) is 4.79 Å². The molecule has 4 heterocycles. The van der Waals surface area contributed by atoms with Crippen LogP contribution in [0.25, 0.3) is 0 Å². The lowest BCUT2D eigenvalue weighted by Gasteiger charge is -2.51. The van der Waals surface area contributed by atoms with E-state index in [1.165, 1.54) is 42.9 Å². The van der Waals surface area contributed by atoms with Crippen LogP contribution >= 0.6 is 11.8 Å². The molecule has 0 unspecified atom stereocenters. The number of amides is 1. The highest BCUT2D eigenvalue weighted by molar-refractivity contribution is 8.00. The van der Waals surface area contributed by atoms with Crippen molar-refractivity contribution in [3.8, 4) is 0 Å². The van der Waals surface area contributed by atoms with Crippen LogP contribution in [0.3, 0.4) is 0 Å². The number of rotatable bonds is 4. The summed E-state index contributed by atoms with van der Waals surface area (Å²) < 4.78 is 0. The number of carbonyl (C=O) groups is 1. The van der Waals surface area contributed by atoms with Crippen molar-refractivity contribution in [2.24, 2.45) is 5.92 Å². The SMILES string of the molecule is Cc1ccccc1SCC(=O)N1CCN([C@@H]2CN3CCC2CC3)CC1. The van der Waals surface area contributed by atoms with Crippen molar-refractivity contribution < 1.29 is 4.79 Å². The number of carbonyl (C=O) groups excluding carboxylic acids is 1. The first-order chi connectivity index (χ1) is 12.2. The van der Waals surface area contributed by atoms with Gasteiger partial charge in [-0.1, -0.05) is 18.2 Å². The molecule has 5 heteroatoms. The van der Waals surface area contributed by atoms with Crippen LogP contribution in [0.1, 0.15) is 18.4 Å².